The molecule has 0 atom stereocenters. The topological polar surface area (TPSA) is 58.2 Å². The van der Waals surface area contributed by atoms with Crippen LogP contribution in [0.1, 0.15) is 48.7 Å². The van der Waals surface area contributed by atoms with Gasteiger partial charge < -0.3 is 10.6 Å². The van der Waals surface area contributed by atoms with Gasteiger partial charge in [0, 0.05) is 24.7 Å². The zero-order valence-electron chi connectivity index (χ0n) is 15.3. The molecule has 2 aromatic carbocycles. The van der Waals surface area contributed by atoms with Crippen molar-refractivity contribution in [3.05, 3.63) is 65.2 Å². The van der Waals surface area contributed by atoms with Gasteiger partial charge in [-0.3, -0.25) is 9.59 Å². The molecule has 132 valence electrons. The summed E-state index contributed by atoms with van der Waals surface area (Å²) in [5.41, 5.74) is 3.71. The van der Waals surface area contributed by atoms with Crippen LogP contribution in [0, 0.1) is 0 Å². The number of amides is 2. The van der Waals surface area contributed by atoms with Crippen LogP contribution in [0.25, 0.3) is 0 Å². The zero-order valence-corrected chi connectivity index (χ0v) is 15.3. The van der Waals surface area contributed by atoms with E-state index in [2.05, 4.69) is 31.4 Å². The van der Waals surface area contributed by atoms with Crippen LogP contribution in [0.4, 0.5) is 5.69 Å². The Labute approximate surface area is 149 Å². The maximum Gasteiger partial charge on any atom is 0.255 e. The van der Waals surface area contributed by atoms with Crippen molar-refractivity contribution in [2.24, 2.45) is 0 Å². The number of hydrogen-bond acceptors (Lipinski definition) is 2. The van der Waals surface area contributed by atoms with Crippen LogP contribution < -0.4 is 10.6 Å². The van der Waals surface area contributed by atoms with Gasteiger partial charge >= 0.3 is 0 Å². The molecule has 0 aromatic heterocycles. The third-order valence-electron chi connectivity index (χ3n) is 4.14. The summed E-state index contributed by atoms with van der Waals surface area (Å²) in [5.74, 6) is -0.102. The first-order chi connectivity index (χ1) is 11.8. The number of carbonyl (C=O) groups is 2. The van der Waals surface area contributed by atoms with E-state index in [0.29, 0.717) is 18.4 Å². The van der Waals surface area contributed by atoms with Gasteiger partial charge in [0.1, 0.15) is 0 Å². The zero-order chi connectivity index (χ0) is 18.4. The first-order valence-corrected chi connectivity index (χ1v) is 8.51. The number of aryl methyl sites for hydroxylation is 1. The Morgan fingerprint density at radius 2 is 1.52 bits per heavy atom. The Morgan fingerprint density at radius 1 is 0.920 bits per heavy atom. The summed E-state index contributed by atoms with van der Waals surface area (Å²) >= 11 is 0. The van der Waals surface area contributed by atoms with Gasteiger partial charge in [-0.15, -0.1) is 0 Å². The van der Waals surface area contributed by atoms with Crippen LogP contribution in [0.15, 0.2) is 48.5 Å². The van der Waals surface area contributed by atoms with Gasteiger partial charge in [0.25, 0.3) is 5.91 Å². The minimum atomic E-state index is -0.126. The molecule has 0 fully saturated rings. The molecule has 4 heteroatoms. The largest absolute Gasteiger partial charge is 0.359 e. The van der Waals surface area contributed by atoms with Crippen LogP contribution >= 0.6 is 0 Å². The molecule has 0 aliphatic carbocycles. The third-order valence-corrected chi connectivity index (χ3v) is 4.14. The van der Waals surface area contributed by atoms with Gasteiger partial charge in [0.15, 0.2) is 0 Å². The minimum absolute atomic E-state index is 0.0242. The van der Waals surface area contributed by atoms with E-state index in [4.69, 9.17) is 0 Å². The van der Waals surface area contributed by atoms with E-state index in [1.54, 1.807) is 7.05 Å². The summed E-state index contributed by atoms with van der Waals surface area (Å²) < 4.78 is 0. The molecule has 0 saturated carbocycles. The highest BCUT2D eigenvalue weighted by atomic mass is 16.2. The Bertz CT molecular complexity index is 726. The SMILES string of the molecule is CNC(=O)CCc1ccc(NC(=O)c2ccc(C(C)(C)C)cc2)cc1. The van der Waals surface area contributed by atoms with E-state index in [1.165, 1.54) is 5.56 Å². The Hall–Kier alpha value is -2.62. The molecule has 2 N–H and O–H groups in total. The lowest BCUT2D eigenvalue weighted by Gasteiger charge is -2.19. The van der Waals surface area contributed by atoms with E-state index in [-0.39, 0.29) is 17.2 Å². The molecule has 0 aliphatic heterocycles. The van der Waals surface area contributed by atoms with Crippen molar-refractivity contribution in [3.8, 4) is 0 Å². The quantitative estimate of drug-likeness (QED) is 0.868. The van der Waals surface area contributed by atoms with Crippen LogP contribution in [0.3, 0.4) is 0 Å². The maximum atomic E-state index is 12.3. The van der Waals surface area contributed by atoms with E-state index < -0.39 is 0 Å². The molecule has 0 unspecified atom stereocenters. The molecule has 0 bridgehead atoms. The second kappa shape index (κ2) is 7.97. The lowest BCUT2D eigenvalue weighted by molar-refractivity contribution is -0.120. The lowest BCUT2D eigenvalue weighted by atomic mass is 9.87. The van der Waals surface area contributed by atoms with Gasteiger partial charge in [0.2, 0.25) is 5.91 Å². The van der Waals surface area contributed by atoms with Gasteiger partial charge in [-0.1, -0.05) is 45.0 Å². The summed E-state index contributed by atoms with van der Waals surface area (Å²) in [4.78, 5) is 23.6. The van der Waals surface area contributed by atoms with Crippen molar-refractivity contribution in [1.29, 1.82) is 0 Å². The highest BCUT2D eigenvalue weighted by Gasteiger charge is 2.14. The van der Waals surface area contributed by atoms with Crippen LogP contribution in [0.5, 0.6) is 0 Å². The molecule has 2 amide bonds. The molecule has 0 radical (unpaired) electrons. The number of carbonyl (C=O) groups excluding carboxylic acids is 2. The van der Waals surface area contributed by atoms with Crippen LogP contribution in [0.2, 0.25) is 0 Å². The second-order valence-electron chi connectivity index (χ2n) is 7.15. The molecule has 2 rings (SSSR count). The van der Waals surface area contributed by atoms with E-state index in [0.717, 1.165) is 11.3 Å². The van der Waals surface area contributed by atoms with E-state index in [9.17, 15) is 9.59 Å². The minimum Gasteiger partial charge on any atom is -0.359 e. The standard InChI is InChI=1S/C21H26N2O2/c1-21(2,3)17-10-8-16(9-11-17)20(25)23-18-12-5-15(6-13-18)7-14-19(24)22-4/h5-6,8-13H,7,14H2,1-4H3,(H,22,24)(H,23,25). The van der Waals surface area contributed by atoms with Gasteiger partial charge in [-0.2, -0.15) is 0 Å². The second-order valence-corrected chi connectivity index (χ2v) is 7.15. The molecule has 2 aromatic rings. The summed E-state index contributed by atoms with van der Waals surface area (Å²) in [6.07, 6.45) is 1.14. The van der Waals surface area contributed by atoms with E-state index in [1.807, 2.05) is 48.5 Å². The van der Waals surface area contributed by atoms with Gasteiger partial charge in [0.05, 0.1) is 0 Å². The van der Waals surface area contributed by atoms with Gasteiger partial charge in [-0.25, -0.2) is 0 Å². The fourth-order valence-electron chi connectivity index (χ4n) is 2.46. The van der Waals surface area contributed by atoms with Crippen molar-refractivity contribution < 1.29 is 9.59 Å². The number of anilines is 1. The summed E-state index contributed by atoms with van der Waals surface area (Å²) in [6.45, 7) is 6.44. The highest BCUT2D eigenvalue weighted by molar-refractivity contribution is 6.04. The predicted octanol–water partition coefficient (Wildman–Crippen LogP) is 3.92. The molecule has 0 saturated heterocycles. The molecule has 0 heterocycles. The Balaban J connectivity index is 1.97. The number of rotatable bonds is 5. The smallest absolute Gasteiger partial charge is 0.255 e. The fourth-order valence-corrected chi connectivity index (χ4v) is 2.46. The summed E-state index contributed by atoms with van der Waals surface area (Å²) in [5, 5.41) is 5.51. The average molecular weight is 338 g/mol. The monoisotopic (exact) mass is 338 g/mol. The summed E-state index contributed by atoms with van der Waals surface area (Å²) in [7, 11) is 1.63. The molecular formula is C21H26N2O2. The normalized spacial score (nSPS) is 11.0. The van der Waals surface area contributed by atoms with Crippen molar-refractivity contribution in [2.75, 3.05) is 12.4 Å². The van der Waals surface area contributed by atoms with Crippen LogP contribution in [-0.4, -0.2) is 18.9 Å². The first-order valence-electron chi connectivity index (χ1n) is 8.51. The summed E-state index contributed by atoms with van der Waals surface area (Å²) in [6, 6.07) is 15.3. The predicted molar refractivity (Wildman–Crippen MR) is 102 cm³/mol. The molecule has 25 heavy (non-hydrogen) atoms. The van der Waals surface area contributed by atoms with Crippen molar-refractivity contribution in [1.82, 2.24) is 5.32 Å². The molecule has 0 spiro atoms. The molecule has 4 nitrogen and oxygen atoms in total. The van der Waals surface area contributed by atoms with E-state index >= 15 is 0 Å². The van der Waals surface area contributed by atoms with Gasteiger partial charge in [-0.05, 0) is 47.2 Å². The van der Waals surface area contributed by atoms with Crippen molar-refractivity contribution in [3.63, 3.8) is 0 Å². The maximum absolute atomic E-state index is 12.3. The fraction of sp³-hybridized carbons (Fsp3) is 0.333. The first kappa shape index (κ1) is 18.7. The Kier molecular flexibility index (Phi) is 5.97. The van der Waals surface area contributed by atoms with Crippen LogP contribution in [-0.2, 0) is 16.6 Å². The Morgan fingerprint density at radius 3 is 2.04 bits per heavy atom. The number of benzene rings is 2. The highest BCUT2D eigenvalue weighted by Crippen LogP contribution is 2.22. The molecule has 0 aliphatic rings. The van der Waals surface area contributed by atoms with Crippen molar-refractivity contribution in [2.45, 2.75) is 39.0 Å². The van der Waals surface area contributed by atoms with Crippen molar-refractivity contribution >= 4 is 17.5 Å². The number of hydrogen-bond donors (Lipinski definition) is 2. The third kappa shape index (κ3) is 5.45. The lowest BCUT2D eigenvalue weighted by Crippen LogP contribution is -2.17. The molecular weight excluding hydrogens is 312 g/mol. The number of nitrogens with one attached hydrogen (secondary N) is 2. The average Bonchev–Trinajstić information content (AvgIpc) is 2.60.